The molecule has 0 radical (unpaired) electrons. The molecule has 0 aliphatic rings. The Hall–Kier alpha value is 1.50. The molecule has 4 heteroatoms. The van der Waals surface area contributed by atoms with Crippen molar-refractivity contribution in [2.24, 2.45) is 17.8 Å². The minimum atomic E-state index is 0.254. The molecule has 0 saturated carbocycles. The van der Waals surface area contributed by atoms with Gasteiger partial charge in [0.1, 0.15) is 0 Å². The first-order valence-electron chi connectivity index (χ1n) is 12.1. The maximum absolute atomic E-state index is 4.70. The summed E-state index contributed by atoms with van der Waals surface area (Å²) >= 11 is 0.569. The Balaban J connectivity index is 0. The molecule has 0 saturated heterocycles. The van der Waals surface area contributed by atoms with Gasteiger partial charge in [0, 0.05) is 0 Å². The molecule has 3 atom stereocenters. The first-order chi connectivity index (χ1) is 13.6. The molecular formula is C24H51Cl2NiP. The van der Waals surface area contributed by atoms with Gasteiger partial charge >= 0.3 is 33.0 Å². The molecule has 0 aliphatic carbocycles. The van der Waals surface area contributed by atoms with Crippen LogP contribution < -0.4 is 0 Å². The summed E-state index contributed by atoms with van der Waals surface area (Å²) in [6, 6.07) is 0. The number of hydrogen-bond donors (Lipinski definition) is 0. The predicted octanol–water partition coefficient (Wildman–Crippen LogP) is 10.5. The summed E-state index contributed by atoms with van der Waals surface area (Å²) in [6.07, 6.45) is 21.9. The first-order valence-corrected chi connectivity index (χ1v) is 16.7. The Morgan fingerprint density at radius 1 is 0.571 bits per heavy atom. The zero-order chi connectivity index (χ0) is 21.6. The summed E-state index contributed by atoms with van der Waals surface area (Å²) in [5.41, 5.74) is 0. The van der Waals surface area contributed by atoms with Crippen molar-refractivity contribution in [2.45, 2.75) is 119 Å². The van der Waals surface area contributed by atoms with Crippen molar-refractivity contribution < 1.29 is 12.7 Å². The Morgan fingerprint density at radius 3 is 1.00 bits per heavy atom. The van der Waals surface area contributed by atoms with Gasteiger partial charge in [0.2, 0.25) is 0 Å². The van der Waals surface area contributed by atoms with Gasteiger partial charge < -0.3 is 0 Å². The number of unbranched alkanes of at least 4 members (excludes halogenated alkanes) is 3. The van der Waals surface area contributed by atoms with E-state index in [4.69, 9.17) is 20.4 Å². The van der Waals surface area contributed by atoms with E-state index in [1.165, 1.54) is 77.0 Å². The molecule has 0 spiro atoms. The van der Waals surface area contributed by atoms with Gasteiger partial charge in [0.15, 0.2) is 0 Å². The number of halogens is 2. The molecule has 28 heavy (non-hydrogen) atoms. The van der Waals surface area contributed by atoms with E-state index in [1.807, 2.05) is 0 Å². The summed E-state index contributed by atoms with van der Waals surface area (Å²) < 4.78 is 0. The quantitative estimate of drug-likeness (QED) is 0.130. The van der Waals surface area contributed by atoms with Crippen LogP contribution in [0.4, 0.5) is 0 Å². The fourth-order valence-electron chi connectivity index (χ4n) is 4.07. The molecule has 0 N–H and O–H groups in total. The summed E-state index contributed by atoms with van der Waals surface area (Å²) in [5, 5.41) is 0. The van der Waals surface area contributed by atoms with Crippen molar-refractivity contribution in [2.75, 3.05) is 18.5 Å². The van der Waals surface area contributed by atoms with Gasteiger partial charge in [0.25, 0.3) is 0 Å². The van der Waals surface area contributed by atoms with Crippen LogP contribution in [-0.4, -0.2) is 18.5 Å². The summed E-state index contributed by atoms with van der Waals surface area (Å²) in [5.74, 6) is 3.04. The maximum atomic E-state index is 4.70. The standard InChI is InChI=1S/C24H51P.2ClH.Ni/c1-7-13-16-22(10-4)19-25(20-23(11-5)17-14-8-2)21-24(12-6)18-15-9-3;;;/h22-24H,7-21H2,1-6H3;2*1H;/q;;;+2/p-2. The molecule has 0 aliphatic heterocycles. The van der Waals surface area contributed by atoms with Crippen LogP contribution in [0.25, 0.3) is 0 Å². The van der Waals surface area contributed by atoms with E-state index in [2.05, 4.69) is 41.5 Å². The van der Waals surface area contributed by atoms with E-state index in [0.29, 0.717) is 12.7 Å². The Kier molecular flexibility index (Phi) is 28.0. The van der Waals surface area contributed by atoms with Gasteiger partial charge in [-0.25, -0.2) is 0 Å². The van der Waals surface area contributed by atoms with Crippen LogP contribution >= 0.6 is 28.3 Å². The van der Waals surface area contributed by atoms with Gasteiger partial charge in [0.05, 0.1) is 0 Å². The summed E-state index contributed by atoms with van der Waals surface area (Å²) in [6.45, 7) is 14.4. The fourth-order valence-corrected chi connectivity index (χ4v) is 8.03. The molecule has 176 valence electrons. The van der Waals surface area contributed by atoms with E-state index in [0.717, 1.165) is 17.8 Å². The second-order valence-electron chi connectivity index (χ2n) is 8.51. The molecule has 0 nitrogen and oxygen atoms in total. The number of hydrogen-bond acceptors (Lipinski definition) is 0. The second kappa shape index (κ2) is 24.8. The van der Waals surface area contributed by atoms with Crippen molar-refractivity contribution in [1.29, 1.82) is 0 Å². The Labute approximate surface area is 195 Å². The predicted molar refractivity (Wildman–Crippen MR) is 133 cm³/mol. The van der Waals surface area contributed by atoms with Gasteiger partial charge in [-0.1, -0.05) is 119 Å². The third kappa shape index (κ3) is 19.5. The second-order valence-corrected chi connectivity index (χ2v) is 12.6. The van der Waals surface area contributed by atoms with E-state index in [-0.39, 0.29) is 7.92 Å². The van der Waals surface area contributed by atoms with Crippen molar-refractivity contribution in [3.63, 3.8) is 0 Å². The van der Waals surface area contributed by atoms with E-state index < -0.39 is 0 Å². The van der Waals surface area contributed by atoms with Crippen molar-refractivity contribution in [3.05, 3.63) is 0 Å². The van der Waals surface area contributed by atoms with Gasteiger partial charge in [-0.05, 0) is 36.2 Å². The molecular weight excluding hydrogens is 449 g/mol. The van der Waals surface area contributed by atoms with Crippen molar-refractivity contribution >= 4 is 28.3 Å². The van der Waals surface area contributed by atoms with Crippen LogP contribution in [0.1, 0.15) is 119 Å². The molecule has 0 fully saturated rings. The normalized spacial score (nSPS) is 15.6. The van der Waals surface area contributed by atoms with E-state index in [1.54, 1.807) is 18.5 Å². The van der Waals surface area contributed by atoms with E-state index >= 15 is 0 Å². The molecule has 0 aromatic carbocycles. The molecule has 0 rings (SSSR count). The summed E-state index contributed by atoms with van der Waals surface area (Å²) in [7, 11) is 9.66. The van der Waals surface area contributed by atoms with Crippen LogP contribution in [0.5, 0.6) is 0 Å². The average Bonchev–Trinajstić information content (AvgIpc) is 2.71. The van der Waals surface area contributed by atoms with Gasteiger partial charge in [-0.15, -0.1) is 7.92 Å². The average molecular weight is 500 g/mol. The van der Waals surface area contributed by atoms with Crippen LogP contribution in [0.2, 0.25) is 0 Å². The third-order valence-corrected chi connectivity index (χ3v) is 9.28. The van der Waals surface area contributed by atoms with Crippen LogP contribution in [0.3, 0.4) is 0 Å². The Bertz CT molecular complexity index is 249. The number of rotatable bonds is 18. The zero-order valence-corrected chi connectivity index (χ0v) is 23.3. The third-order valence-electron chi connectivity index (χ3n) is 6.18. The van der Waals surface area contributed by atoms with Crippen LogP contribution in [0, 0.1) is 17.8 Å². The van der Waals surface area contributed by atoms with Gasteiger partial charge in [-0.3, -0.25) is 0 Å². The van der Waals surface area contributed by atoms with Crippen molar-refractivity contribution in [1.82, 2.24) is 0 Å². The van der Waals surface area contributed by atoms with Crippen LogP contribution in [0.15, 0.2) is 0 Å². The monoisotopic (exact) mass is 498 g/mol. The zero-order valence-electron chi connectivity index (χ0n) is 19.9. The molecule has 0 aromatic rings. The van der Waals surface area contributed by atoms with Crippen molar-refractivity contribution in [3.8, 4) is 0 Å². The SMILES string of the molecule is CCCCC(CC)CP(CC(CC)CCCC)CC(CC)CCCC.[Cl][Ni][Cl]. The van der Waals surface area contributed by atoms with E-state index in [9.17, 15) is 0 Å². The topological polar surface area (TPSA) is 0 Å². The summed E-state index contributed by atoms with van der Waals surface area (Å²) in [4.78, 5) is 0. The van der Waals surface area contributed by atoms with Crippen LogP contribution in [-0.2, 0) is 12.7 Å². The Morgan fingerprint density at radius 2 is 0.821 bits per heavy atom. The molecule has 0 heterocycles. The minimum absolute atomic E-state index is 0.254. The fraction of sp³-hybridized carbons (Fsp3) is 1.00. The molecule has 0 aromatic heterocycles. The first kappa shape index (κ1) is 31.7. The molecule has 0 amide bonds. The van der Waals surface area contributed by atoms with Gasteiger partial charge in [-0.2, -0.15) is 0 Å². The molecule has 3 unspecified atom stereocenters. The molecule has 0 bridgehead atoms.